The number of hydrogen-bond donors (Lipinski definition) is 2. The van der Waals surface area contributed by atoms with Crippen molar-refractivity contribution in [3.63, 3.8) is 0 Å². The molecule has 2 aromatic rings. The number of ether oxygens (including phenoxy) is 1. The molecule has 1 atom stereocenters. The van der Waals surface area contributed by atoms with Crippen molar-refractivity contribution in [2.45, 2.75) is 20.0 Å². The van der Waals surface area contributed by atoms with Gasteiger partial charge in [0.15, 0.2) is 6.10 Å². The first-order chi connectivity index (χ1) is 11.3. The third-order valence-corrected chi connectivity index (χ3v) is 4.20. The molecule has 0 bridgehead atoms. The molecular weight excluding hydrogens is 396 g/mol. The lowest BCUT2D eigenvalue weighted by molar-refractivity contribution is -0.122. The smallest absolute Gasteiger partial charge is 0.265 e. The minimum Gasteiger partial charge on any atom is -0.480 e. The highest BCUT2D eigenvalue weighted by Crippen LogP contribution is 2.29. The fourth-order valence-corrected chi connectivity index (χ4v) is 2.92. The Hall–Kier alpha value is -2.05. The van der Waals surface area contributed by atoms with Crippen LogP contribution in [0.4, 0.5) is 5.69 Å². The molecule has 2 aromatic carbocycles. The highest BCUT2D eigenvalue weighted by Gasteiger charge is 2.19. The number of carbonyl (C=O) groups excluding carboxylic acids is 2. The van der Waals surface area contributed by atoms with Crippen LogP contribution in [0.2, 0.25) is 5.02 Å². The Morgan fingerprint density at radius 2 is 2.00 bits per heavy atom. The van der Waals surface area contributed by atoms with Gasteiger partial charge in [0, 0.05) is 5.02 Å². The van der Waals surface area contributed by atoms with E-state index in [-0.39, 0.29) is 5.56 Å². The molecule has 7 heteroatoms. The van der Waals surface area contributed by atoms with Gasteiger partial charge in [-0.3, -0.25) is 9.59 Å². The van der Waals surface area contributed by atoms with Crippen molar-refractivity contribution in [2.24, 2.45) is 5.73 Å². The minimum atomic E-state index is -0.788. The maximum absolute atomic E-state index is 12.4. The summed E-state index contributed by atoms with van der Waals surface area (Å²) in [6, 6.07) is 10.1. The molecule has 0 aromatic heterocycles. The van der Waals surface area contributed by atoms with Gasteiger partial charge in [-0.15, -0.1) is 0 Å². The quantitative estimate of drug-likeness (QED) is 0.782. The van der Waals surface area contributed by atoms with Crippen LogP contribution in [-0.2, 0) is 4.79 Å². The lowest BCUT2D eigenvalue weighted by atomic mass is 10.1. The van der Waals surface area contributed by atoms with Crippen molar-refractivity contribution >= 4 is 45.0 Å². The molecule has 0 heterocycles. The number of hydrogen-bond acceptors (Lipinski definition) is 3. The topological polar surface area (TPSA) is 81.4 Å². The summed E-state index contributed by atoms with van der Waals surface area (Å²) in [5.74, 6) is -0.510. The van der Waals surface area contributed by atoms with Gasteiger partial charge in [-0.25, -0.2) is 0 Å². The van der Waals surface area contributed by atoms with Crippen LogP contribution in [0.15, 0.2) is 40.9 Å². The summed E-state index contributed by atoms with van der Waals surface area (Å²) in [6.07, 6.45) is -0.788. The third-order valence-electron chi connectivity index (χ3n) is 3.34. The zero-order chi connectivity index (χ0) is 17.9. The monoisotopic (exact) mass is 410 g/mol. The van der Waals surface area contributed by atoms with Crippen molar-refractivity contribution in [1.29, 1.82) is 0 Å². The first-order valence-electron chi connectivity index (χ1n) is 7.11. The van der Waals surface area contributed by atoms with Crippen molar-refractivity contribution in [2.75, 3.05) is 5.32 Å². The molecule has 24 heavy (non-hydrogen) atoms. The summed E-state index contributed by atoms with van der Waals surface area (Å²) in [7, 11) is 0. The van der Waals surface area contributed by atoms with E-state index in [0.29, 0.717) is 26.5 Å². The van der Waals surface area contributed by atoms with E-state index < -0.39 is 17.9 Å². The van der Waals surface area contributed by atoms with Crippen LogP contribution in [0.3, 0.4) is 0 Å². The van der Waals surface area contributed by atoms with Crippen LogP contribution in [0.25, 0.3) is 0 Å². The summed E-state index contributed by atoms with van der Waals surface area (Å²) in [5.41, 5.74) is 6.72. The van der Waals surface area contributed by atoms with Crippen LogP contribution < -0.4 is 15.8 Å². The SMILES string of the molecule is Cc1cccc(NC(=O)C(C)Oc2ccc(Cl)cc2Br)c1C(N)=O. The number of benzene rings is 2. The largest absolute Gasteiger partial charge is 0.480 e. The fraction of sp³-hybridized carbons (Fsp3) is 0.176. The highest BCUT2D eigenvalue weighted by molar-refractivity contribution is 9.10. The van der Waals surface area contributed by atoms with Gasteiger partial charge >= 0.3 is 0 Å². The maximum atomic E-state index is 12.4. The Balaban J connectivity index is 2.15. The van der Waals surface area contributed by atoms with Crippen LogP contribution in [0.5, 0.6) is 5.75 Å². The molecule has 0 saturated heterocycles. The number of anilines is 1. The van der Waals surface area contributed by atoms with Gasteiger partial charge in [-0.05, 0) is 59.6 Å². The molecule has 0 aliphatic carbocycles. The molecule has 1 unspecified atom stereocenters. The summed E-state index contributed by atoms with van der Waals surface area (Å²) in [6.45, 7) is 3.36. The molecule has 126 valence electrons. The normalized spacial score (nSPS) is 11.7. The first kappa shape index (κ1) is 18.3. The third kappa shape index (κ3) is 4.27. The van der Waals surface area contributed by atoms with E-state index in [0.717, 1.165) is 0 Å². The minimum absolute atomic E-state index is 0.283. The van der Waals surface area contributed by atoms with Crippen molar-refractivity contribution in [1.82, 2.24) is 0 Å². The van der Waals surface area contributed by atoms with Gasteiger partial charge in [-0.1, -0.05) is 23.7 Å². The summed E-state index contributed by atoms with van der Waals surface area (Å²) < 4.78 is 6.27. The van der Waals surface area contributed by atoms with E-state index in [1.807, 2.05) is 0 Å². The predicted molar refractivity (Wildman–Crippen MR) is 97.6 cm³/mol. The molecule has 0 aliphatic heterocycles. The van der Waals surface area contributed by atoms with E-state index in [1.165, 1.54) is 0 Å². The summed E-state index contributed by atoms with van der Waals surface area (Å²) >= 11 is 9.21. The summed E-state index contributed by atoms with van der Waals surface area (Å²) in [5, 5.41) is 3.23. The highest BCUT2D eigenvalue weighted by atomic mass is 79.9. The van der Waals surface area contributed by atoms with Gasteiger partial charge in [0.1, 0.15) is 5.75 Å². The Bertz CT molecular complexity index is 795. The van der Waals surface area contributed by atoms with Crippen molar-refractivity contribution in [3.8, 4) is 5.75 Å². The molecule has 0 fully saturated rings. The molecule has 0 spiro atoms. The van der Waals surface area contributed by atoms with E-state index in [4.69, 9.17) is 22.1 Å². The van der Waals surface area contributed by atoms with Gasteiger partial charge < -0.3 is 15.8 Å². The Morgan fingerprint density at radius 3 is 2.62 bits per heavy atom. The average molecular weight is 412 g/mol. The van der Waals surface area contributed by atoms with E-state index in [2.05, 4.69) is 21.2 Å². The van der Waals surface area contributed by atoms with Crippen LogP contribution >= 0.6 is 27.5 Å². The predicted octanol–water partition coefficient (Wildman–Crippen LogP) is 3.92. The lowest BCUT2D eigenvalue weighted by Gasteiger charge is -2.17. The van der Waals surface area contributed by atoms with Crippen LogP contribution in [0.1, 0.15) is 22.8 Å². The van der Waals surface area contributed by atoms with E-state index in [1.54, 1.807) is 50.2 Å². The molecule has 5 nitrogen and oxygen atoms in total. The fourth-order valence-electron chi connectivity index (χ4n) is 2.15. The Kier molecular flexibility index (Phi) is 5.85. The Labute approximate surface area is 153 Å². The second-order valence-electron chi connectivity index (χ2n) is 5.19. The zero-order valence-corrected chi connectivity index (χ0v) is 15.4. The van der Waals surface area contributed by atoms with Crippen LogP contribution in [-0.4, -0.2) is 17.9 Å². The maximum Gasteiger partial charge on any atom is 0.265 e. The number of primary amides is 1. The number of nitrogens with one attached hydrogen (secondary N) is 1. The van der Waals surface area contributed by atoms with Gasteiger partial charge in [0.05, 0.1) is 15.7 Å². The number of carbonyl (C=O) groups is 2. The molecule has 0 saturated carbocycles. The van der Waals surface area contributed by atoms with E-state index >= 15 is 0 Å². The average Bonchev–Trinajstić information content (AvgIpc) is 2.49. The van der Waals surface area contributed by atoms with Gasteiger partial charge in [-0.2, -0.15) is 0 Å². The number of amides is 2. The molecule has 2 rings (SSSR count). The molecule has 0 aliphatic rings. The van der Waals surface area contributed by atoms with Crippen molar-refractivity contribution in [3.05, 3.63) is 57.0 Å². The van der Waals surface area contributed by atoms with Crippen molar-refractivity contribution < 1.29 is 14.3 Å². The lowest BCUT2D eigenvalue weighted by Crippen LogP contribution is -2.31. The first-order valence-corrected chi connectivity index (χ1v) is 8.28. The molecule has 2 amide bonds. The van der Waals surface area contributed by atoms with Crippen LogP contribution in [0, 0.1) is 6.92 Å². The number of aryl methyl sites for hydroxylation is 1. The van der Waals surface area contributed by atoms with E-state index in [9.17, 15) is 9.59 Å². The second kappa shape index (κ2) is 7.68. The standard InChI is InChI=1S/C17H16BrClN2O3/c1-9-4-3-5-13(15(9)16(20)22)21-17(23)10(2)24-14-7-6-11(19)8-12(14)18/h3-8,10H,1-2H3,(H2,20,22)(H,21,23). The zero-order valence-electron chi connectivity index (χ0n) is 13.1. The van der Waals surface area contributed by atoms with Gasteiger partial charge in [0.25, 0.3) is 11.8 Å². The Morgan fingerprint density at radius 1 is 1.29 bits per heavy atom. The molecule has 3 N–H and O–H groups in total. The number of halogens is 2. The number of nitrogens with two attached hydrogens (primary N) is 1. The van der Waals surface area contributed by atoms with Gasteiger partial charge in [0.2, 0.25) is 0 Å². The molecular formula is C17H16BrClN2O3. The number of rotatable bonds is 5. The second-order valence-corrected chi connectivity index (χ2v) is 6.48. The molecule has 0 radical (unpaired) electrons. The summed E-state index contributed by atoms with van der Waals surface area (Å²) in [4.78, 5) is 23.9.